The summed E-state index contributed by atoms with van der Waals surface area (Å²) in [6.07, 6.45) is 1.51. The summed E-state index contributed by atoms with van der Waals surface area (Å²) in [5.41, 5.74) is -0.461. The van der Waals surface area contributed by atoms with E-state index in [4.69, 9.17) is 5.11 Å². The first-order chi connectivity index (χ1) is 7.31. The van der Waals surface area contributed by atoms with Crippen LogP contribution in [0.2, 0.25) is 0 Å². The minimum absolute atomic E-state index is 0.0354. The van der Waals surface area contributed by atoms with E-state index in [0.29, 0.717) is 6.54 Å². The second-order valence-corrected chi connectivity index (χ2v) is 5.29. The van der Waals surface area contributed by atoms with E-state index in [1.54, 1.807) is 0 Å². The van der Waals surface area contributed by atoms with Crippen LogP contribution in [0.25, 0.3) is 0 Å². The van der Waals surface area contributed by atoms with Crippen molar-refractivity contribution in [1.29, 1.82) is 0 Å². The zero-order valence-electron chi connectivity index (χ0n) is 10.5. The summed E-state index contributed by atoms with van der Waals surface area (Å²) in [5.74, 6) is -0.869. The van der Waals surface area contributed by atoms with Gasteiger partial charge in [0, 0.05) is 12.0 Å². The summed E-state index contributed by atoms with van der Waals surface area (Å²) in [7, 11) is 0. The third-order valence-corrected chi connectivity index (χ3v) is 3.68. The minimum Gasteiger partial charge on any atom is -0.480 e. The third kappa shape index (κ3) is 2.20. The summed E-state index contributed by atoms with van der Waals surface area (Å²) in [5, 5.41) is 9.15. The van der Waals surface area contributed by atoms with Crippen molar-refractivity contribution in [3.63, 3.8) is 0 Å². The molecule has 0 radical (unpaired) electrons. The van der Waals surface area contributed by atoms with Crippen molar-refractivity contribution in [1.82, 2.24) is 4.90 Å². The molecule has 1 N–H and O–H groups in total. The van der Waals surface area contributed by atoms with Crippen LogP contribution in [0, 0.1) is 11.3 Å². The predicted molar refractivity (Wildman–Crippen MR) is 61.0 cm³/mol. The van der Waals surface area contributed by atoms with Crippen LogP contribution in [-0.4, -0.2) is 34.5 Å². The Morgan fingerprint density at radius 2 is 2.00 bits per heavy atom. The Kier molecular flexibility index (Phi) is 3.61. The molecule has 1 amide bonds. The van der Waals surface area contributed by atoms with E-state index in [1.165, 1.54) is 4.90 Å². The van der Waals surface area contributed by atoms with Gasteiger partial charge in [-0.1, -0.05) is 27.7 Å². The molecule has 2 atom stereocenters. The Balaban J connectivity index is 2.88. The lowest BCUT2D eigenvalue weighted by Crippen LogP contribution is -2.47. The first-order valence-corrected chi connectivity index (χ1v) is 5.85. The zero-order chi connectivity index (χ0) is 12.5. The van der Waals surface area contributed by atoms with Crippen LogP contribution in [0.5, 0.6) is 0 Å². The summed E-state index contributed by atoms with van der Waals surface area (Å²) in [6.45, 7) is 8.16. The first-order valence-electron chi connectivity index (χ1n) is 5.85. The number of nitrogens with zero attached hydrogens (tertiary/aromatic N) is 1. The number of hydrogen-bond acceptors (Lipinski definition) is 2. The zero-order valence-corrected chi connectivity index (χ0v) is 10.5. The van der Waals surface area contributed by atoms with E-state index in [9.17, 15) is 9.59 Å². The van der Waals surface area contributed by atoms with Crippen molar-refractivity contribution in [2.75, 3.05) is 6.54 Å². The summed E-state index contributed by atoms with van der Waals surface area (Å²) >= 11 is 0. The van der Waals surface area contributed by atoms with Crippen LogP contribution in [-0.2, 0) is 9.59 Å². The lowest BCUT2D eigenvalue weighted by Gasteiger charge is -2.31. The molecule has 0 spiro atoms. The number of carboxylic acid groups (broad SMARTS) is 1. The molecule has 1 fully saturated rings. The minimum atomic E-state index is -0.884. The molecule has 1 aliphatic heterocycles. The smallest absolute Gasteiger partial charge is 0.326 e. The van der Waals surface area contributed by atoms with E-state index < -0.39 is 17.4 Å². The molecular weight excluding hydrogens is 206 g/mol. The lowest BCUT2D eigenvalue weighted by atomic mass is 9.88. The molecule has 0 aromatic carbocycles. The number of carbonyl (C=O) groups is 2. The van der Waals surface area contributed by atoms with Crippen molar-refractivity contribution in [3.8, 4) is 0 Å². The molecule has 0 bridgehead atoms. The Hall–Kier alpha value is -1.06. The van der Waals surface area contributed by atoms with Gasteiger partial charge in [0.25, 0.3) is 0 Å². The molecule has 16 heavy (non-hydrogen) atoms. The average molecular weight is 227 g/mol. The first kappa shape index (κ1) is 13.0. The van der Waals surface area contributed by atoms with Gasteiger partial charge in [-0.3, -0.25) is 4.79 Å². The second-order valence-electron chi connectivity index (χ2n) is 5.29. The van der Waals surface area contributed by atoms with Gasteiger partial charge in [0.15, 0.2) is 0 Å². The van der Waals surface area contributed by atoms with Gasteiger partial charge in [-0.15, -0.1) is 0 Å². The molecule has 92 valence electrons. The molecule has 1 rings (SSSR count). The molecule has 1 aliphatic rings. The summed E-state index contributed by atoms with van der Waals surface area (Å²) < 4.78 is 0. The quantitative estimate of drug-likeness (QED) is 0.799. The average Bonchev–Trinajstić information content (AvgIpc) is 2.58. The van der Waals surface area contributed by atoms with Gasteiger partial charge >= 0.3 is 5.97 Å². The van der Waals surface area contributed by atoms with Gasteiger partial charge in [-0.2, -0.15) is 0 Å². The molecule has 1 saturated heterocycles. The van der Waals surface area contributed by atoms with Crippen LogP contribution in [0.4, 0.5) is 0 Å². The summed E-state index contributed by atoms with van der Waals surface area (Å²) in [4.78, 5) is 24.9. The molecule has 4 heteroatoms. The van der Waals surface area contributed by atoms with E-state index >= 15 is 0 Å². The van der Waals surface area contributed by atoms with Gasteiger partial charge in [0.1, 0.15) is 6.04 Å². The highest BCUT2D eigenvalue weighted by Crippen LogP contribution is 2.31. The van der Waals surface area contributed by atoms with Crippen LogP contribution < -0.4 is 0 Å². The Bertz CT molecular complexity index is 299. The highest BCUT2D eigenvalue weighted by atomic mass is 16.4. The highest BCUT2D eigenvalue weighted by molar-refractivity contribution is 5.87. The van der Waals surface area contributed by atoms with Crippen molar-refractivity contribution >= 4 is 11.9 Å². The molecule has 0 saturated carbocycles. The molecule has 0 aromatic heterocycles. The van der Waals surface area contributed by atoms with Crippen LogP contribution in [0.15, 0.2) is 0 Å². The molecule has 4 nitrogen and oxygen atoms in total. The molecule has 0 aromatic rings. The third-order valence-electron chi connectivity index (χ3n) is 3.68. The van der Waals surface area contributed by atoms with Gasteiger partial charge in [-0.05, 0) is 18.8 Å². The fourth-order valence-corrected chi connectivity index (χ4v) is 2.09. The maximum atomic E-state index is 12.2. The number of amides is 1. The van der Waals surface area contributed by atoms with Crippen LogP contribution >= 0.6 is 0 Å². The van der Waals surface area contributed by atoms with Gasteiger partial charge in [0.2, 0.25) is 5.91 Å². The standard InChI is InChI=1S/C12H21NO3/c1-5-12(3,4)11(16)13-7-6-8(2)9(13)10(14)15/h8-9H,5-7H2,1-4H3,(H,14,15). The molecule has 2 unspecified atom stereocenters. The van der Waals surface area contributed by atoms with Gasteiger partial charge < -0.3 is 10.0 Å². The number of rotatable bonds is 3. The Morgan fingerprint density at radius 3 is 2.44 bits per heavy atom. The summed E-state index contributed by atoms with van der Waals surface area (Å²) in [6, 6.07) is -0.640. The van der Waals surface area contributed by atoms with Crippen LogP contribution in [0.3, 0.4) is 0 Å². The highest BCUT2D eigenvalue weighted by Gasteiger charge is 2.43. The molecule has 0 aliphatic carbocycles. The topological polar surface area (TPSA) is 57.6 Å². The predicted octanol–water partition coefficient (Wildman–Crippen LogP) is 1.74. The van der Waals surface area contributed by atoms with Crippen molar-refractivity contribution < 1.29 is 14.7 Å². The fourth-order valence-electron chi connectivity index (χ4n) is 2.09. The van der Waals surface area contributed by atoms with E-state index in [2.05, 4.69) is 0 Å². The second kappa shape index (κ2) is 4.44. The number of hydrogen-bond donors (Lipinski definition) is 1. The van der Waals surface area contributed by atoms with Crippen molar-refractivity contribution in [2.45, 2.75) is 46.6 Å². The van der Waals surface area contributed by atoms with Crippen LogP contribution in [0.1, 0.15) is 40.5 Å². The normalized spacial score (nSPS) is 25.9. The van der Waals surface area contributed by atoms with Crippen molar-refractivity contribution in [2.24, 2.45) is 11.3 Å². The van der Waals surface area contributed by atoms with Crippen molar-refractivity contribution in [3.05, 3.63) is 0 Å². The Morgan fingerprint density at radius 1 is 1.44 bits per heavy atom. The number of carbonyl (C=O) groups excluding carboxylic acids is 1. The Labute approximate surface area is 96.6 Å². The van der Waals surface area contributed by atoms with Gasteiger partial charge in [0.05, 0.1) is 0 Å². The monoisotopic (exact) mass is 227 g/mol. The SMILES string of the molecule is CCC(C)(C)C(=O)N1CCC(C)C1C(=O)O. The molecule has 1 heterocycles. The molecular formula is C12H21NO3. The largest absolute Gasteiger partial charge is 0.480 e. The lowest BCUT2D eigenvalue weighted by molar-refractivity contribution is -0.153. The number of likely N-dealkylation sites (tertiary alicyclic amines) is 1. The maximum Gasteiger partial charge on any atom is 0.326 e. The van der Waals surface area contributed by atoms with E-state index in [1.807, 2.05) is 27.7 Å². The maximum absolute atomic E-state index is 12.2. The number of carboxylic acids is 1. The van der Waals surface area contributed by atoms with Gasteiger partial charge in [-0.25, -0.2) is 4.79 Å². The van der Waals surface area contributed by atoms with E-state index in [-0.39, 0.29) is 11.8 Å². The fraction of sp³-hybridized carbons (Fsp3) is 0.833. The van der Waals surface area contributed by atoms with E-state index in [0.717, 1.165) is 12.8 Å². The number of aliphatic carboxylic acids is 1.